The van der Waals surface area contributed by atoms with E-state index in [2.05, 4.69) is 6.58 Å². The number of likely N-dealkylation sites (N-methyl/N-ethyl adjacent to an activating group) is 1. The molecule has 0 aliphatic carbocycles. The van der Waals surface area contributed by atoms with Gasteiger partial charge in [-0.1, -0.05) is 6.58 Å². The van der Waals surface area contributed by atoms with E-state index < -0.39 is 10.1 Å². The lowest BCUT2D eigenvalue weighted by molar-refractivity contribution is -0.883. The smallest absolute Gasteiger partial charge is 0.316 e. The van der Waals surface area contributed by atoms with E-state index in [0.29, 0.717) is 23.3 Å². The van der Waals surface area contributed by atoms with Crippen molar-refractivity contribution in [1.82, 2.24) is 0 Å². The third kappa shape index (κ3) is 10.0. The summed E-state index contributed by atoms with van der Waals surface area (Å²) in [6, 6.07) is 0. The number of carbonyl (C=O) groups is 1. The van der Waals surface area contributed by atoms with Crippen LogP contribution >= 0.6 is 0 Å². The van der Waals surface area contributed by atoms with Crippen LogP contribution in [0.1, 0.15) is 13.3 Å². The van der Waals surface area contributed by atoms with E-state index in [0.717, 1.165) is 5.41 Å². The van der Waals surface area contributed by atoms with Gasteiger partial charge >= 0.3 is 5.97 Å². The van der Waals surface area contributed by atoms with Gasteiger partial charge in [0, 0.05) is 0 Å². The Morgan fingerprint density at radius 3 is 2.44 bits per heavy atom. The van der Waals surface area contributed by atoms with Crippen molar-refractivity contribution in [1.29, 1.82) is 0 Å². The van der Waals surface area contributed by atoms with E-state index in [-0.39, 0.29) is 12.4 Å². The molecule has 0 bridgehead atoms. The molecule has 104 valence electrons. The molecule has 1 N–H and O–H groups in total. The Bertz CT molecular complexity index is 436. The van der Waals surface area contributed by atoms with Crippen LogP contribution in [0.25, 0.3) is 0 Å². The largest absolute Gasteiger partial charge is 0.432 e. The Morgan fingerprint density at radius 2 is 2.00 bits per heavy atom. The molecule has 0 saturated carbocycles. The lowest BCUT2D eigenvalue weighted by atomic mass is 10.3. The molecule has 0 amide bonds. The maximum Gasteiger partial charge on any atom is 0.316 e. The monoisotopic (exact) mass is 278 g/mol. The van der Waals surface area contributed by atoms with Crippen LogP contribution in [0.2, 0.25) is 0 Å². The molecule has 6 nitrogen and oxygen atoms in total. The molecule has 0 aromatic rings. The van der Waals surface area contributed by atoms with Crippen LogP contribution in [0.4, 0.5) is 0 Å². The predicted octanol–water partition coefficient (Wildman–Crippen LogP) is 0.931. The highest BCUT2D eigenvalue weighted by Gasteiger charge is 2.16. The van der Waals surface area contributed by atoms with Gasteiger partial charge in [-0.05, 0) is 13.0 Å². The maximum absolute atomic E-state index is 11.3. The SMILES string of the molecule is C=C(C)OC(=O)CC[N+](C)(C)CC=CS(=O)(=O)O. The van der Waals surface area contributed by atoms with E-state index in [9.17, 15) is 13.2 Å². The van der Waals surface area contributed by atoms with Crippen molar-refractivity contribution in [2.24, 2.45) is 0 Å². The zero-order valence-electron chi connectivity index (χ0n) is 10.9. The molecule has 0 aliphatic rings. The molecule has 0 radical (unpaired) electrons. The molecule has 0 aliphatic heterocycles. The van der Waals surface area contributed by atoms with Gasteiger partial charge < -0.3 is 9.22 Å². The topological polar surface area (TPSA) is 80.7 Å². The summed E-state index contributed by atoms with van der Waals surface area (Å²) in [4.78, 5) is 11.3. The van der Waals surface area contributed by atoms with Crippen molar-refractivity contribution in [3.05, 3.63) is 23.8 Å². The average Bonchev–Trinajstić information content (AvgIpc) is 2.11. The Kier molecular flexibility index (Phi) is 6.23. The molecule has 0 aromatic heterocycles. The third-order valence-electron chi connectivity index (χ3n) is 2.08. The van der Waals surface area contributed by atoms with Gasteiger partial charge in [0.15, 0.2) is 0 Å². The van der Waals surface area contributed by atoms with Crippen molar-refractivity contribution in [2.45, 2.75) is 13.3 Å². The maximum atomic E-state index is 11.3. The number of nitrogens with zero attached hydrogens (tertiary/aromatic N) is 1. The molecule has 0 atom stereocenters. The average molecular weight is 278 g/mol. The van der Waals surface area contributed by atoms with Crippen LogP contribution in [-0.2, 0) is 19.6 Å². The lowest BCUT2D eigenvalue weighted by Crippen LogP contribution is -2.41. The first kappa shape index (κ1) is 16.8. The predicted molar refractivity (Wildman–Crippen MR) is 68.1 cm³/mol. The highest BCUT2D eigenvalue weighted by atomic mass is 32.2. The molecule has 0 aromatic carbocycles. The summed E-state index contributed by atoms with van der Waals surface area (Å²) >= 11 is 0. The summed E-state index contributed by atoms with van der Waals surface area (Å²) < 4.78 is 34.7. The minimum Gasteiger partial charge on any atom is -0.432 e. The molecule has 0 spiro atoms. The van der Waals surface area contributed by atoms with Crippen molar-refractivity contribution in [3.8, 4) is 0 Å². The van der Waals surface area contributed by atoms with Crippen LogP contribution < -0.4 is 0 Å². The standard InChI is InChI=1S/C11H19NO5S/c1-10(2)17-11(13)6-8-12(3,4)7-5-9-18(14,15)16/h5,9H,1,6-8H2,2-4H3/p+1. The second-order valence-corrected chi connectivity index (χ2v) is 5.96. The van der Waals surface area contributed by atoms with Gasteiger partial charge in [0.25, 0.3) is 10.1 Å². The van der Waals surface area contributed by atoms with Crippen LogP contribution in [-0.4, -0.2) is 50.6 Å². The Labute approximate surface area is 108 Å². The van der Waals surface area contributed by atoms with Crippen LogP contribution in [0.3, 0.4) is 0 Å². The molecule has 0 unspecified atom stereocenters. The van der Waals surface area contributed by atoms with Gasteiger partial charge in [0.05, 0.1) is 44.8 Å². The summed E-state index contributed by atoms with van der Waals surface area (Å²) in [5.74, 6) is -0.0240. The fourth-order valence-corrected chi connectivity index (χ4v) is 1.51. The first-order chi connectivity index (χ1) is 8.02. The molecule has 0 heterocycles. The van der Waals surface area contributed by atoms with Crippen molar-refractivity contribution in [2.75, 3.05) is 27.2 Å². The van der Waals surface area contributed by atoms with Crippen LogP contribution in [0, 0.1) is 0 Å². The Morgan fingerprint density at radius 1 is 1.44 bits per heavy atom. The Balaban J connectivity index is 4.20. The number of esters is 1. The fourth-order valence-electron chi connectivity index (χ4n) is 1.18. The summed E-state index contributed by atoms with van der Waals surface area (Å²) in [6.07, 6.45) is 1.55. The molecular weight excluding hydrogens is 258 g/mol. The fraction of sp³-hybridized carbons (Fsp3) is 0.545. The van der Waals surface area contributed by atoms with Crippen molar-refractivity contribution in [3.63, 3.8) is 0 Å². The van der Waals surface area contributed by atoms with E-state index >= 15 is 0 Å². The zero-order chi connectivity index (χ0) is 14.4. The number of allylic oxidation sites excluding steroid dienone is 1. The van der Waals surface area contributed by atoms with E-state index in [1.54, 1.807) is 6.92 Å². The quantitative estimate of drug-likeness (QED) is 0.324. The first-order valence-electron chi connectivity index (χ1n) is 5.34. The summed E-state index contributed by atoms with van der Waals surface area (Å²) in [7, 11) is -0.416. The van der Waals surface area contributed by atoms with Gasteiger partial charge in [-0.3, -0.25) is 9.35 Å². The number of quaternary nitrogens is 1. The number of carbonyl (C=O) groups excluding carboxylic acids is 1. The van der Waals surface area contributed by atoms with E-state index in [4.69, 9.17) is 9.29 Å². The number of ether oxygens (including phenoxy) is 1. The minimum absolute atomic E-state index is 0.208. The molecule has 7 heteroatoms. The summed E-state index contributed by atoms with van der Waals surface area (Å²) in [5, 5.41) is 0.735. The molecule has 0 fully saturated rings. The van der Waals surface area contributed by atoms with E-state index in [1.807, 2.05) is 14.1 Å². The first-order valence-corrected chi connectivity index (χ1v) is 6.84. The molecule has 0 saturated heterocycles. The molecule has 18 heavy (non-hydrogen) atoms. The van der Waals surface area contributed by atoms with Crippen LogP contribution in [0.5, 0.6) is 0 Å². The Hall–Kier alpha value is -1.18. The highest BCUT2D eigenvalue weighted by Crippen LogP contribution is 2.03. The summed E-state index contributed by atoms with van der Waals surface area (Å²) in [6.45, 7) is 5.92. The highest BCUT2D eigenvalue weighted by molar-refractivity contribution is 7.88. The normalized spacial score (nSPS) is 12.7. The van der Waals surface area contributed by atoms with Gasteiger partial charge in [0.1, 0.15) is 0 Å². The molecular formula is C11H20NO5S+. The van der Waals surface area contributed by atoms with Gasteiger partial charge in [-0.2, -0.15) is 8.42 Å². The van der Waals surface area contributed by atoms with Gasteiger partial charge in [-0.15, -0.1) is 0 Å². The number of hydrogen-bond acceptors (Lipinski definition) is 4. The van der Waals surface area contributed by atoms with Crippen LogP contribution in [0.15, 0.2) is 23.8 Å². The molecule has 0 rings (SSSR count). The second-order valence-electron chi connectivity index (χ2n) is 4.65. The number of hydrogen-bond donors (Lipinski definition) is 1. The summed E-state index contributed by atoms with van der Waals surface area (Å²) in [5.41, 5.74) is 0. The lowest BCUT2D eigenvalue weighted by Gasteiger charge is -2.27. The van der Waals surface area contributed by atoms with Crippen molar-refractivity contribution < 1.29 is 27.0 Å². The van der Waals surface area contributed by atoms with Crippen molar-refractivity contribution >= 4 is 16.1 Å². The second kappa shape index (κ2) is 6.67. The minimum atomic E-state index is -4.09. The van der Waals surface area contributed by atoms with Gasteiger partial charge in [-0.25, -0.2) is 0 Å². The zero-order valence-corrected chi connectivity index (χ0v) is 11.7. The number of rotatable bonds is 7. The third-order valence-corrected chi connectivity index (χ3v) is 2.61. The van der Waals surface area contributed by atoms with E-state index in [1.165, 1.54) is 6.08 Å². The van der Waals surface area contributed by atoms with Gasteiger partial charge in [0.2, 0.25) is 0 Å².